The Morgan fingerprint density at radius 2 is 1.86 bits per heavy atom. The summed E-state index contributed by atoms with van der Waals surface area (Å²) < 4.78 is 11.3. The van der Waals surface area contributed by atoms with Gasteiger partial charge in [0.1, 0.15) is 17.4 Å². The monoisotopic (exact) mass is 422 g/mol. The summed E-state index contributed by atoms with van der Waals surface area (Å²) >= 11 is 12.7. The van der Waals surface area contributed by atoms with Crippen LogP contribution in [0.1, 0.15) is 24.0 Å². The molecule has 3 aromatic carbocycles. The van der Waals surface area contributed by atoms with Crippen molar-refractivity contribution in [1.29, 1.82) is 5.26 Å². The van der Waals surface area contributed by atoms with Gasteiger partial charge in [0.05, 0.1) is 12.5 Å². The van der Waals surface area contributed by atoms with Crippen molar-refractivity contribution >= 4 is 40.4 Å². The van der Waals surface area contributed by atoms with Gasteiger partial charge >= 0.3 is 0 Å². The molecule has 1 atom stereocenters. The van der Waals surface area contributed by atoms with Crippen LogP contribution in [0.3, 0.4) is 0 Å². The molecule has 0 amide bonds. The summed E-state index contributed by atoms with van der Waals surface area (Å²) in [6.45, 7) is 2.32. The Kier molecular flexibility index (Phi) is 5.44. The van der Waals surface area contributed by atoms with E-state index in [0.29, 0.717) is 28.0 Å². The molecule has 0 aliphatic carbocycles. The van der Waals surface area contributed by atoms with Crippen molar-refractivity contribution < 1.29 is 9.47 Å². The molecular formula is C23H16Cl2N2O2. The molecule has 4 nitrogen and oxygen atoms in total. The Morgan fingerprint density at radius 3 is 2.55 bits per heavy atom. The maximum atomic E-state index is 9.95. The zero-order valence-corrected chi connectivity index (χ0v) is 17.0. The van der Waals surface area contributed by atoms with Gasteiger partial charge in [-0.15, -0.1) is 0 Å². The fourth-order valence-electron chi connectivity index (χ4n) is 3.45. The number of nitrogens with zero attached hydrogens (tertiary/aromatic N) is 2. The van der Waals surface area contributed by atoms with Gasteiger partial charge in [0.2, 0.25) is 5.88 Å². The van der Waals surface area contributed by atoms with Gasteiger partial charge in [0, 0.05) is 26.4 Å². The number of fused-ring (bicyclic) bond motifs is 3. The second-order valence-electron chi connectivity index (χ2n) is 6.43. The van der Waals surface area contributed by atoms with E-state index in [2.05, 4.69) is 11.1 Å². The summed E-state index contributed by atoms with van der Waals surface area (Å²) in [4.78, 5) is 4.28. The lowest BCUT2D eigenvalue weighted by atomic mass is 9.82. The molecule has 0 spiro atoms. The third kappa shape index (κ3) is 3.55. The zero-order valence-electron chi connectivity index (χ0n) is 15.5. The predicted octanol–water partition coefficient (Wildman–Crippen LogP) is 6.47. The lowest BCUT2D eigenvalue weighted by Gasteiger charge is -2.28. The van der Waals surface area contributed by atoms with Gasteiger partial charge < -0.3 is 9.47 Å². The van der Waals surface area contributed by atoms with Crippen molar-refractivity contribution in [2.45, 2.75) is 12.8 Å². The van der Waals surface area contributed by atoms with Crippen molar-refractivity contribution in [3.05, 3.63) is 87.2 Å². The van der Waals surface area contributed by atoms with E-state index >= 15 is 0 Å². The third-order valence-electron chi connectivity index (χ3n) is 4.74. The normalized spacial score (nSPS) is 15.9. The molecule has 0 bridgehead atoms. The second kappa shape index (κ2) is 8.16. The lowest BCUT2D eigenvalue weighted by molar-refractivity contribution is 0.336. The number of rotatable bonds is 4. The van der Waals surface area contributed by atoms with E-state index < -0.39 is 5.92 Å². The van der Waals surface area contributed by atoms with Crippen molar-refractivity contribution in [3.63, 3.8) is 0 Å². The summed E-state index contributed by atoms with van der Waals surface area (Å²) in [6.07, 6.45) is 1.30. The molecule has 0 aromatic heterocycles. The largest absolute Gasteiger partial charge is 0.483 e. The molecule has 3 aromatic rings. The van der Waals surface area contributed by atoms with Crippen molar-refractivity contribution in [2.24, 2.45) is 4.99 Å². The summed E-state index contributed by atoms with van der Waals surface area (Å²) in [5.74, 6) is 0.449. The van der Waals surface area contributed by atoms with E-state index in [9.17, 15) is 5.26 Å². The number of nitriles is 1. The Labute approximate surface area is 178 Å². The van der Waals surface area contributed by atoms with E-state index in [-0.39, 0.29) is 5.88 Å². The molecule has 6 heteroatoms. The summed E-state index contributed by atoms with van der Waals surface area (Å²) in [6, 6.07) is 19.2. The minimum Gasteiger partial charge on any atom is -0.483 e. The van der Waals surface area contributed by atoms with Gasteiger partial charge in [0.15, 0.2) is 6.40 Å². The van der Waals surface area contributed by atoms with Gasteiger partial charge in [-0.05, 0) is 30.7 Å². The van der Waals surface area contributed by atoms with Crippen LogP contribution in [0.2, 0.25) is 10.0 Å². The van der Waals surface area contributed by atoms with Crippen LogP contribution < -0.4 is 4.74 Å². The Morgan fingerprint density at radius 1 is 1.14 bits per heavy atom. The zero-order chi connectivity index (χ0) is 20.4. The topological polar surface area (TPSA) is 54.6 Å². The molecule has 29 heavy (non-hydrogen) atoms. The first-order valence-corrected chi connectivity index (χ1v) is 9.82. The summed E-state index contributed by atoms with van der Waals surface area (Å²) in [5, 5.41) is 12.9. The number of aliphatic imine (C=N–C) groups is 1. The fraction of sp³-hybridized carbons (Fsp3) is 0.130. The Balaban J connectivity index is 2.00. The van der Waals surface area contributed by atoms with Crippen LogP contribution in [0.25, 0.3) is 10.8 Å². The number of allylic oxidation sites excluding steroid dienone is 1. The smallest absolute Gasteiger partial charge is 0.236 e. The van der Waals surface area contributed by atoms with Gasteiger partial charge in [-0.3, -0.25) is 0 Å². The molecule has 0 fully saturated rings. The molecular weight excluding hydrogens is 407 g/mol. The molecule has 144 valence electrons. The molecule has 0 saturated carbocycles. The van der Waals surface area contributed by atoms with E-state index in [0.717, 1.165) is 21.9 Å². The first kappa shape index (κ1) is 19.3. The standard InChI is InChI=1S/C23H16Cl2N2O2/c1-2-28-13-27-23-19(12-26)21(14-7-9-15(24)10-8-14)18-11-20(25)16-5-3-4-6-17(16)22(18)29-23/h3-11,13,21H,2H2,1H3/b27-13-. The van der Waals surface area contributed by atoms with Gasteiger partial charge in [-0.2, -0.15) is 10.3 Å². The van der Waals surface area contributed by atoms with Crippen LogP contribution in [-0.4, -0.2) is 13.0 Å². The van der Waals surface area contributed by atoms with E-state index in [1.54, 1.807) is 12.1 Å². The highest BCUT2D eigenvalue weighted by atomic mass is 35.5. The number of halogens is 2. The lowest BCUT2D eigenvalue weighted by Crippen LogP contribution is -2.16. The number of ether oxygens (including phenoxy) is 2. The fourth-order valence-corrected chi connectivity index (χ4v) is 3.86. The SMILES string of the molecule is CCO/C=N\C1=C(C#N)C(c2ccc(Cl)cc2)c2cc(Cl)c3ccccc3c2O1. The van der Waals surface area contributed by atoms with Gasteiger partial charge in [-0.1, -0.05) is 59.6 Å². The minimum absolute atomic E-state index is 0.209. The van der Waals surface area contributed by atoms with E-state index in [4.69, 9.17) is 32.7 Å². The highest BCUT2D eigenvalue weighted by Gasteiger charge is 2.33. The number of hydrogen-bond donors (Lipinski definition) is 0. The first-order valence-electron chi connectivity index (χ1n) is 9.07. The minimum atomic E-state index is -0.392. The number of benzene rings is 3. The van der Waals surface area contributed by atoms with Crippen LogP contribution in [0, 0.1) is 11.3 Å². The van der Waals surface area contributed by atoms with Crippen LogP contribution >= 0.6 is 23.2 Å². The highest BCUT2D eigenvalue weighted by Crippen LogP contribution is 2.48. The maximum absolute atomic E-state index is 9.95. The first-order chi connectivity index (χ1) is 14.1. The second-order valence-corrected chi connectivity index (χ2v) is 7.27. The average Bonchev–Trinajstić information content (AvgIpc) is 2.74. The third-order valence-corrected chi connectivity index (χ3v) is 5.30. The van der Waals surface area contributed by atoms with Crippen molar-refractivity contribution in [1.82, 2.24) is 0 Å². The molecule has 0 N–H and O–H groups in total. The molecule has 0 radical (unpaired) electrons. The van der Waals surface area contributed by atoms with Crippen LogP contribution in [0.15, 0.2) is 71.0 Å². The highest BCUT2D eigenvalue weighted by molar-refractivity contribution is 6.36. The van der Waals surface area contributed by atoms with E-state index in [1.807, 2.05) is 49.4 Å². The maximum Gasteiger partial charge on any atom is 0.236 e. The predicted molar refractivity (Wildman–Crippen MR) is 116 cm³/mol. The molecule has 4 rings (SSSR count). The molecule has 1 unspecified atom stereocenters. The quantitative estimate of drug-likeness (QED) is 0.357. The van der Waals surface area contributed by atoms with Crippen LogP contribution in [0.4, 0.5) is 0 Å². The summed E-state index contributed by atoms with van der Waals surface area (Å²) in [7, 11) is 0. The molecule has 1 aliphatic rings. The van der Waals surface area contributed by atoms with Gasteiger partial charge in [-0.25, -0.2) is 0 Å². The van der Waals surface area contributed by atoms with E-state index in [1.165, 1.54) is 6.40 Å². The van der Waals surface area contributed by atoms with Gasteiger partial charge in [0.25, 0.3) is 0 Å². The molecule has 1 heterocycles. The van der Waals surface area contributed by atoms with Crippen LogP contribution in [0.5, 0.6) is 5.75 Å². The molecule has 1 aliphatic heterocycles. The van der Waals surface area contributed by atoms with Crippen molar-refractivity contribution in [2.75, 3.05) is 6.61 Å². The van der Waals surface area contributed by atoms with Crippen LogP contribution in [-0.2, 0) is 4.74 Å². The Bertz CT molecular complexity index is 1180. The average molecular weight is 423 g/mol. The Hall–Kier alpha value is -3.00. The molecule has 0 saturated heterocycles. The number of hydrogen-bond acceptors (Lipinski definition) is 4. The summed E-state index contributed by atoms with van der Waals surface area (Å²) in [5.41, 5.74) is 2.08. The van der Waals surface area contributed by atoms with Crippen molar-refractivity contribution in [3.8, 4) is 11.8 Å².